The molecule has 0 bridgehead atoms. The lowest BCUT2D eigenvalue weighted by Crippen LogP contribution is -2.46. The third kappa shape index (κ3) is 7.66. The second-order valence-electron chi connectivity index (χ2n) is 14.2. The van der Waals surface area contributed by atoms with Crippen LogP contribution in [0.5, 0.6) is 0 Å². The average Bonchev–Trinajstić information content (AvgIpc) is 3.46. The van der Waals surface area contributed by atoms with Crippen molar-refractivity contribution in [1.82, 2.24) is 19.3 Å². The molecule has 268 valence electrons. The first-order chi connectivity index (χ1) is 24.7. The molecule has 6 rings (SSSR count). The van der Waals surface area contributed by atoms with Crippen molar-refractivity contribution in [2.24, 2.45) is 7.05 Å². The Morgan fingerprint density at radius 1 is 0.824 bits per heavy atom. The molecule has 1 atom stereocenters. The van der Waals surface area contributed by atoms with Gasteiger partial charge in [0.25, 0.3) is 11.8 Å². The van der Waals surface area contributed by atoms with E-state index in [0.717, 1.165) is 83.5 Å². The third-order valence-corrected chi connectivity index (χ3v) is 10.9. The smallest absolute Gasteiger partial charge is 0.255 e. The molecular formula is C43H52N4O4. The van der Waals surface area contributed by atoms with E-state index in [-0.39, 0.29) is 30.4 Å². The molecule has 3 heterocycles. The molecule has 4 aromatic rings. The van der Waals surface area contributed by atoms with Crippen LogP contribution in [0.3, 0.4) is 0 Å². The summed E-state index contributed by atoms with van der Waals surface area (Å²) in [7, 11) is 1.97. The van der Waals surface area contributed by atoms with Gasteiger partial charge in [-0.25, -0.2) is 0 Å². The fraction of sp³-hybridized carbons (Fsp3) is 0.419. The number of rotatable bonds is 12. The number of carbonyl (C=O) groups is 3. The van der Waals surface area contributed by atoms with Gasteiger partial charge in [0.15, 0.2) is 0 Å². The Labute approximate surface area is 302 Å². The summed E-state index contributed by atoms with van der Waals surface area (Å²) < 4.78 is 2.04. The summed E-state index contributed by atoms with van der Waals surface area (Å²) in [5.74, 6) is -0.0651. The minimum Gasteiger partial charge on any atom is -0.394 e. The van der Waals surface area contributed by atoms with Crippen molar-refractivity contribution in [2.45, 2.75) is 84.8 Å². The summed E-state index contributed by atoms with van der Waals surface area (Å²) in [6, 6.07) is 23.6. The summed E-state index contributed by atoms with van der Waals surface area (Å²) >= 11 is 0. The summed E-state index contributed by atoms with van der Waals surface area (Å²) in [6.07, 6.45) is 5.51. The van der Waals surface area contributed by atoms with Crippen molar-refractivity contribution >= 4 is 17.7 Å². The second-order valence-corrected chi connectivity index (χ2v) is 14.2. The molecule has 3 amide bonds. The van der Waals surface area contributed by atoms with Gasteiger partial charge in [-0.3, -0.25) is 14.4 Å². The highest BCUT2D eigenvalue weighted by molar-refractivity contribution is 6.03. The topological polar surface area (TPSA) is 86.1 Å². The summed E-state index contributed by atoms with van der Waals surface area (Å²) in [5.41, 5.74) is 8.91. The van der Waals surface area contributed by atoms with Crippen LogP contribution in [0.25, 0.3) is 11.3 Å². The zero-order valence-corrected chi connectivity index (χ0v) is 30.7. The number of fused-ring (bicyclic) bond motifs is 2. The molecule has 1 aromatic heterocycles. The van der Waals surface area contributed by atoms with Crippen molar-refractivity contribution < 1.29 is 19.5 Å². The monoisotopic (exact) mass is 688 g/mol. The number of carbonyl (C=O) groups excluding carboxylic acids is 3. The molecule has 1 N–H and O–H groups in total. The lowest BCUT2D eigenvalue weighted by Gasteiger charge is -2.37. The SMILES string of the molecule is CCCCN(CCCC)C(=O)c1cc(-c2cc3c(cc2C(=O)N2Cc4ccccc4C[C@H]2CO)CN(C(=O)Cc2ccccc2)CC3)n(C)c1C. The zero-order chi connectivity index (χ0) is 36.1. The molecule has 0 unspecified atom stereocenters. The molecule has 0 radical (unpaired) electrons. The van der Waals surface area contributed by atoms with E-state index in [2.05, 4.69) is 32.0 Å². The van der Waals surface area contributed by atoms with Gasteiger partial charge in [-0.2, -0.15) is 0 Å². The highest BCUT2D eigenvalue weighted by atomic mass is 16.3. The molecule has 8 heteroatoms. The van der Waals surface area contributed by atoms with Crippen LogP contribution < -0.4 is 0 Å². The van der Waals surface area contributed by atoms with Crippen LogP contribution in [0.2, 0.25) is 0 Å². The first-order valence-corrected chi connectivity index (χ1v) is 18.7. The highest BCUT2D eigenvalue weighted by Crippen LogP contribution is 2.35. The van der Waals surface area contributed by atoms with Crippen molar-refractivity contribution in [3.63, 3.8) is 0 Å². The van der Waals surface area contributed by atoms with Gasteiger partial charge in [-0.1, -0.05) is 81.3 Å². The maximum Gasteiger partial charge on any atom is 0.255 e. The van der Waals surface area contributed by atoms with Crippen LogP contribution in [-0.4, -0.2) is 74.4 Å². The minimum absolute atomic E-state index is 0.0302. The maximum absolute atomic E-state index is 14.8. The van der Waals surface area contributed by atoms with Crippen molar-refractivity contribution in [3.8, 4) is 11.3 Å². The lowest BCUT2D eigenvalue weighted by molar-refractivity contribution is -0.131. The van der Waals surface area contributed by atoms with Crippen molar-refractivity contribution in [3.05, 3.63) is 117 Å². The Balaban J connectivity index is 1.40. The molecule has 8 nitrogen and oxygen atoms in total. The van der Waals surface area contributed by atoms with Gasteiger partial charge >= 0.3 is 0 Å². The molecule has 0 saturated carbocycles. The summed E-state index contributed by atoms with van der Waals surface area (Å²) in [4.78, 5) is 48.0. The first kappa shape index (κ1) is 36.1. The highest BCUT2D eigenvalue weighted by Gasteiger charge is 2.34. The van der Waals surface area contributed by atoms with E-state index >= 15 is 0 Å². The number of unbranched alkanes of at least 4 members (excludes halogenated alkanes) is 2. The number of benzene rings is 3. The molecular weight excluding hydrogens is 636 g/mol. The molecule has 2 aliphatic rings. The number of aromatic nitrogens is 1. The van der Waals surface area contributed by atoms with E-state index in [0.29, 0.717) is 50.0 Å². The Kier molecular flexibility index (Phi) is 11.4. The normalized spacial score (nSPS) is 15.4. The molecule has 0 aliphatic carbocycles. The molecule has 0 fully saturated rings. The number of amides is 3. The number of hydrogen-bond donors (Lipinski definition) is 1. The van der Waals surface area contributed by atoms with Gasteiger partial charge in [-0.15, -0.1) is 0 Å². The largest absolute Gasteiger partial charge is 0.394 e. The van der Waals surface area contributed by atoms with Gasteiger partial charge in [0.1, 0.15) is 0 Å². The third-order valence-electron chi connectivity index (χ3n) is 10.9. The van der Waals surface area contributed by atoms with Crippen LogP contribution in [0.4, 0.5) is 0 Å². The van der Waals surface area contributed by atoms with E-state index in [1.165, 1.54) is 0 Å². The first-order valence-electron chi connectivity index (χ1n) is 18.7. The standard InChI is InChI=1S/C43H52N4O4/c1-5-7-19-45(20-8-6-2)42(50)37-26-40(44(4)30(37)3)38-24-33-18-21-46(41(49)22-31-14-10-9-11-15-31)27-35(33)25-39(38)43(51)47-28-34-17-13-12-16-32(34)23-36(47)29-48/h9-17,24-26,36,48H,5-8,18-23,27-29H2,1-4H3/t36-/m0/s1. The van der Waals surface area contributed by atoms with Gasteiger partial charge in [0.2, 0.25) is 5.91 Å². The molecule has 0 spiro atoms. The summed E-state index contributed by atoms with van der Waals surface area (Å²) in [5, 5.41) is 10.5. The van der Waals surface area contributed by atoms with Gasteiger partial charge in [0.05, 0.1) is 24.6 Å². The van der Waals surface area contributed by atoms with Gasteiger partial charge in [0, 0.05) is 62.3 Å². The van der Waals surface area contributed by atoms with Crippen LogP contribution in [0.15, 0.2) is 72.8 Å². The zero-order valence-electron chi connectivity index (χ0n) is 30.7. The Morgan fingerprint density at radius 2 is 1.51 bits per heavy atom. The quantitative estimate of drug-likeness (QED) is 0.179. The van der Waals surface area contributed by atoms with Crippen LogP contribution in [0, 0.1) is 6.92 Å². The predicted molar refractivity (Wildman–Crippen MR) is 201 cm³/mol. The Morgan fingerprint density at radius 3 is 2.20 bits per heavy atom. The lowest BCUT2D eigenvalue weighted by atomic mass is 9.89. The predicted octanol–water partition coefficient (Wildman–Crippen LogP) is 6.73. The molecule has 3 aromatic carbocycles. The van der Waals surface area contributed by atoms with Crippen LogP contribution in [-0.2, 0) is 44.2 Å². The van der Waals surface area contributed by atoms with E-state index in [4.69, 9.17) is 0 Å². The van der Waals surface area contributed by atoms with Crippen molar-refractivity contribution in [2.75, 3.05) is 26.2 Å². The number of nitrogens with zero attached hydrogens (tertiary/aromatic N) is 4. The van der Waals surface area contributed by atoms with Crippen LogP contribution >= 0.6 is 0 Å². The fourth-order valence-electron chi connectivity index (χ4n) is 7.59. The van der Waals surface area contributed by atoms with E-state index in [1.807, 2.05) is 82.9 Å². The van der Waals surface area contributed by atoms with Gasteiger partial charge in [-0.05, 0) is 78.6 Å². The Bertz CT molecular complexity index is 1870. The summed E-state index contributed by atoms with van der Waals surface area (Å²) in [6.45, 7) is 8.99. The van der Waals surface area contributed by atoms with E-state index in [9.17, 15) is 19.5 Å². The number of hydrogen-bond acceptors (Lipinski definition) is 4. The molecule has 0 saturated heterocycles. The van der Waals surface area contributed by atoms with Crippen molar-refractivity contribution in [1.29, 1.82) is 0 Å². The van der Waals surface area contributed by atoms with E-state index < -0.39 is 0 Å². The van der Waals surface area contributed by atoms with Crippen LogP contribution in [0.1, 0.15) is 93.8 Å². The van der Waals surface area contributed by atoms with Gasteiger partial charge < -0.3 is 24.4 Å². The second kappa shape index (κ2) is 16.1. The Hall–Kier alpha value is -4.69. The number of aliphatic hydroxyl groups is 1. The molecule has 51 heavy (non-hydrogen) atoms. The maximum atomic E-state index is 14.8. The fourth-order valence-corrected chi connectivity index (χ4v) is 7.59. The minimum atomic E-state index is -0.363. The number of aliphatic hydroxyl groups excluding tert-OH is 1. The van der Waals surface area contributed by atoms with E-state index in [1.54, 1.807) is 4.90 Å². The average molecular weight is 689 g/mol. The molecule has 2 aliphatic heterocycles.